The first-order valence-corrected chi connectivity index (χ1v) is 10.6. The molecule has 0 radical (unpaired) electrons. The number of carbonyl (C=O) groups excluding carboxylic acids is 4. The summed E-state index contributed by atoms with van der Waals surface area (Å²) in [6, 6.07) is 3.65. The molecule has 0 unspecified atom stereocenters. The Morgan fingerprint density at radius 1 is 1.07 bits per heavy atom. The number of piperidine rings is 1. The van der Waals surface area contributed by atoms with Crippen LogP contribution in [0.15, 0.2) is 17.5 Å². The van der Waals surface area contributed by atoms with Gasteiger partial charge in [0, 0.05) is 32.0 Å². The molecular formula is C19H26N4O4S. The van der Waals surface area contributed by atoms with Crippen LogP contribution in [0.2, 0.25) is 0 Å². The van der Waals surface area contributed by atoms with Crippen molar-refractivity contribution in [2.45, 2.75) is 38.5 Å². The molecular weight excluding hydrogens is 380 g/mol. The fourth-order valence-corrected chi connectivity index (χ4v) is 4.24. The highest BCUT2D eigenvalue weighted by Gasteiger charge is 2.28. The van der Waals surface area contributed by atoms with Gasteiger partial charge in [-0.1, -0.05) is 12.5 Å². The van der Waals surface area contributed by atoms with Crippen LogP contribution in [0, 0.1) is 5.92 Å². The van der Waals surface area contributed by atoms with Gasteiger partial charge in [0.15, 0.2) is 0 Å². The van der Waals surface area contributed by atoms with E-state index < -0.39 is 5.91 Å². The Kier molecular flexibility index (Phi) is 7.02. The summed E-state index contributed by atoms with van der Waals surface area (Å²) in [5.41, 5.74) is 4.88. The third-order valence-electron chi connectivity index (χ3n) is 5.22. The molecule has 1 aromatic heterocycles. The number of hydrogen-bond acceptors (Lipinski definition) is 5. The number of hydrogen-bond donors (Lipinski definition) is 2. The quantitative estimate of drug-likeness (QED) is 0.733. The molecule has 3 rings (SSSR count). The number of nitrogens with zero attached hydrogens (tertiary/aromatic N) is 2. The molecule has 2 aliphatic rings. The summed E-state index contributed by atoms with van der Waals surface area (Å²) in [7, 11) is 0. The van der Waals surface area contributed by atoms with Gasteiger partial charge in [-0.25, -0.2) is 0 Å². The highest BCUT2D eigenvalue weighted by atomic mass is 32.1. The van der Waals surface area contributed by atoms with Gasteiger partial charge < -0.3 is 9.80 Å². The molecule has 4 amide bonds. The van der Waals surface area contributed by atoms with Gasteiger partial charge in [0.1, 0.15) is 6.54 Å². The first kappa shape index (κ1) is 20.3. The van der Waals surface area contributed by atoms with Crippen LogP contribution in [-0.2, 0) is 14.4 Å². The van der Waals surface area contributed by atoms with Crippen LogP contribution in [-0.4, -0.2) is 59.6 Å². The molecule has 3 heterocycles. The number of hydrazine groups is 1. The van der Waals surface area contributed by atoms with E-state index in [1.165, 1.54) is 11.3 Å². The highest BCUT2D eigenvalue weighted by molar-refractivity contribution is 7.12. The third-order valence-corrected chi connectivity index (χ3v) is 6.07. The van der Waals surface area contributed by atoms with Gasteiger partial charge in [-0.05, 0) is 37.1 Å². The van der Waals surface area contributed by atoms with Crippen LogP contribution in [0.1, 0.15) is 48.2 Å². The summed E-state index contributed by atoms with van der Waals surface area (Å²) < 4.78 is 0. The number of carbonyl (C=O) groups is 4. The minimum atomic E-state index is -0.395. The monoisotopic (exact) mass is 406 g/mol. The van der Waals surface area contributed by atoms with Crippen molar-refractivity contribution in [2.24, 2.45) is 5.92 Å². The van der Waals surface area contributed by atoms with Crippen molar-refractivity contribution in [2.75, 3.05) is 26.2 Å². The molecule has 0 atom stereocenters. The molecule has 2 fully saturated rings. The fraction of sp³-hybridized carbons (Fsp3) is 0.579. The highest BCUT2D eigenvalue weighted by Crippen LogP contribution is 2.20. The van der Waals surface area contributed by atoms with Crippen molar-refractivity contribution in [3.05, 3.63) is 22.4 Å². The molecule has 0 bridgehead atoms. The minimum absolute atomic E-state index is 0.00396. The molecule has 2 saturated heterocycles. The van der Waals surface area contributed by atoms with Crippen molar-refractivity contribution in [1.29, 1.82) is 0 Å². The summed E-state index contributed by atoms with van der Waals surface area (Å²) in [6.45, 7) is 1.58. The second kappa shape index (κ2) is 9.68. The fourth-order valence-electron chi connectivity index (χ4n) is 3.55. The summed E-state index contributed by atoms with van der Waals surface area (Å²) in [5.74, 6) is -0.897. The van der Waals surface area contributed by atoms with Gasteiger partial charge in [0.2, 0.25) is 11.8 Å². The molecule has 9 heteroatoms. The van der Waals surface area contributed by atoms with Gasteiger partial charge in [-0.2, -0.15) is 0 Å². The zero-order valence-corrected chi connectivity index (χ0v) is 16.6. The topological polar surface area (TPSA) is 98.8 Å². The lowest BCUT2D eigenvalue weighted by molar-refractivity contribution is -0.137. The lowest BCUT2D eigenvalue weighted by Crippen LogP contribution is -2.50. The van der Waals surface area contributed by atoms with Gasteiger partial charge in [-0.3, -0.25) is 30.0 Å². The summed E-state index contributed by atoms with van der Waals surface area (Å²) in [5, 5.41) is 1.87. The largest absolute Gasteiger partial charge is 0.338 e. The van der Waals surface area contributed by atoms with Crippen LogP contribution >= 0.6 is 11.3 Å². The van der Waals surface area contributed by atoms with Crippen molar-refractivity contribution in [3.63, 3.8) is 0 Å². The van der Waals surface area contributed by atoms with Crippen LogP contribution < -0.4 is 10.9 Å². The van der Waals surface area contributed by atoms with Gasteiger partial charge in [-0.15, -0.1) is 11.3 Å². The van der Waals surface area contributed by atoms with Crippen molar-refractivity contribution in [3.8, 4) is 0 Å². The van der Waals surface area contributed by atoms with Crippen LogP contribution in [0.4, 0.5) is 0 Å². The third kappa shape index (κ3) is 5.31. The average Bonchev–Trinajstić information content (AvgIpc) is 3.17. The summed E-state index contributed by atoms with van der Waals surface area (Å²) in [4.78, 5) is 52.7. The van der Waals surface area contributed by atoms with E-state index >= 15 is 0 Å². The molecule has 28 heavy (non-hydrogen) atoms. The molecule has 2 aliphatic heterocycles. The van der Waals surface area contributed by atoms with E-state index in [0.29, 0.717) is 43.8 Å². The Bertz CT molecular complexity index is 714. The Balaban J connectivity index is 1.39. The maximum absolute atomic E-state index is 12.3. The van der Waals surface area contributed by atoms with Gasteiger partial charge >= 0.3 is 0 Å². The van der Waals surface area contributed by atoms with E-state index in [4.69, 9.17) is 0 Å². The summed E-state index contributed by atoms with van der Waals surface area (Å²) in [6.07, 6.45) is 4.35. The van der Waals surface area contributed by atoms with Crippen molar-refractivity contribution < 1.29 is 19.2 Å². The molecule has 0 spiro atoms. The Morgan fingerprint density at radius 2 is 1.86 bits per heavy atom. The average molecular weight is 407 g/mol. The second-order valence-corrected chi connectivity index (χ2v) is 8.15. The number of rotatable bonds is 4. The van der Waals surface area contributed by atoms with Crippen LogP contribution in [0.25, 0.3) is 0 Å². The Morgan fingerprint density at radius 3 is 2.57 bits per heavy atom. The molecule has 0 aliphatic carbocycles. The van der Waals surface area contributed by atoms with Gasteiger partial charge in [0.25, 0.3) is 11.8 Å². The first-order valence-electron chi connectivity index (χ1n) is 9.74. The number of thiophene rings is 1. The molecule has 0 saturated carbocycles. The SMILES string of the molecule is O=C(CN1CCCCCC1=O)NNC(=O)C1CCN(C(=O)c2cccs2)CC1. The van der Waals surface area contributed by atoms with Crippen molar-refractivity contribution >= 4 is 35.0 Å². The number of amides is 4. The molecule has 2 N–H and O–H groups in total. The number of nitrogens with one attached hydrogen (secondary N) is 2. The lowest BCUT2D eigenvalue weighted by Gasteiger charge is -2.31. The zero-order valence-electron chi connectivity index (χ0n) is 15.8. The van der Waals surface area contributed by atoms with E-state index in [2.05, 4.69) is 10.9 Å². The maximum Gasteiger partial charge on any atom is 0.263 e. The first-order chi connectivity index (χ1) is 13.5. The smallest absolute Gasteiger partial charge is 0.263 e. The predicted octanol–water partition coefficient (Wildman–Crippen LogP) is 1.15. The molecule has 152 valence electrons. The van der Waals surface area contributed by atoms with E-state index in [0.717, 1.165) is 19.3 Å². The van der Waals surface area contributed by atoms with Crippen LogP contribution in [0.3, 0.4) is 0 Å². The van der Waals surface area contributed by atoms with E-state index in [9.17, 15) is 19.2 Å². The van der Waals surface area contributed by atoms with E-state index in [1.807, 2.05) is 11.4 Å². The lowest BCUT2D eigenvalue weighted by atomic mass is 9.96. The molecule has 0 aromatic carbocycles. The predicted molar refractivity (Wildman–Crippen MR) is 104 cm³/mol. The Labute approximate surface area is 168 Å². The van der Waals surface area contributed by atoms with E-state index in [-0.39, 0.29) is 30.2 Å². The number of likely N-dealkylation sites (tertiary alicyclic amines) is 2. The minimum Gasteiger partial charge on any atom is -0.338 e. The van der Waals surface area contributed by atoms with E-state index in [1.54, 1.807) is 15.9 Å². The molecule has 8 nitrogen and oxygen atoms in total. The molecule has 1 aromatic rings. The van der Waals surface area contributed by atoms with Crippen molar-refractivity contribution in [1.82, 2.24) is 20.7 Å². The normalized spacial score (nSPS) is 18.5. The zero-order chi connectivity index (χ0) is 19.9. The van der Waals surface area contributed by atoms with Gasteiger partial charge in [0.05, 0.1) is 4.88 Å². The Hall–Kier alpha value is -2.42. The second-order valence-electron chi connectivity index (χ2n) is 7.21. The standard InChI is InChI=1S/C19H26N4O4S/c24-16(13-23-9-3-1-2-6-17(23)25)20-21-18(26)14-7-10-22(11-8-14)19(27)15-5-4-12-28-15/h4-5,12,14H,1-3,6-11,13H2,(H,20,24)(H,21,26). The summed E-state index contributed by atoms with van der Waals surface area (Å²) >= 11 is 1.41. The van der Waals surface area contributed by atoms with Crippen LogP contribution in [0.5, 0.6) is 0 Å². The maximum atomic E-state index is 12.3.